The van der Waals surface area contributed by atoms with Gasteiger partial charge in [0.05, 0.1) is 12.0 Å². The lowest BCUT2D eigenvalue weighted by Gasteiger charge is -2.17. The van der Waals surface area contributed by atoms with Crippen molar-refractivity contribution < 1.29 is 24.2 Å². The lowest BCUT2D eigenvalue weighted by Crippen LogP contribution is -2.41. The first-order valence-electron chi connectivity index (χ1n) is 10.4. The summed E-state index contributed by atoms with van der Waals surface area (Å²) in [5.41, 5.74) is 3.64. The number of aromatic hydroxyl groups is 1. The molecule has 3 aromatic carbocycles. The van der Waals surface area contributed by atoms with Crippen molar-refractivity contribution in [3.8, 4) is 22.6 Å². The third-order valence-electron chi connectivity index (χ3n) is 5.69. The molecule has 3 aromatic rings. The molecule has 0 unspecified atom stereocenters. The topological polar surface area (TPSA) is 105 Å². The van der Waals surface area contributed by atoms with Crippen molar-refractivity contribution in [2.24, 2.45) is 5.92 Å². The molecule has 0 atom stereocenters. The summed E-state index contributed by atoms with van der Waals surface area (Å²) in [5.74, 6) is -1.96. The van der Waals surface area contributed by atoms with Crippen LogP contribution >= 0.6 is 0 Å². The molecule has 5 rings (SSSR count). The molecule has 2 aliphatic rings. The van der Waals surface area contributed by atoms with E-state index < -0.39 is 23.9 Å². The zero-order chi connectivity index (χ0) is 22.2. The van der Waals surface area contributed by atoms with Crippen LogP contribution in [0.15, 0.2) is 66.7 Å². The Morgan fingerprint density at radius 3 is 2.09 bits per heavy atom. The predicted molar refractivity (Wildman–Crippen MR) is 116 cm³/mol. The van der Waals surface area contributed by atoms with Gasteiger partial charge < -0.3 is 15.2 Å². The van der Waals surface area contributed by atoms with Crippen molar-refractivity contribution >= 4 is 17.9 Å². The molecule has 7 nitrogen and oxygen atoms in total. The van der Waals surface area contributed by atoms with Gasteiger partial charge in [-0.25, -0.2) is 4.79 Å². The number of hydrogen-bond donors (Lipinski definition) is 3. The van der Waals surface area contributed by atoms with E-state index in [1.54, 1.807) is 0 Å². The van der Waals surface area contributed by atoms with Crippen LogP contribution in [0.4, 0.5) is 4.79 Å². The number of carbonyl (C=O) groups excluding carboxylic acids is 3. The van der Waals surface area contributed by atoms with Gasteiger partial charge in [0.2, 0.25) is 0 Å². The summed E-state index contributed by atoms with van der Waals surface area (Å²) in [5, 5.41) is 15.3. The Labute approximate surface area is 184 Å². The lowest BCUT2D eigenvalue weighted by atomic mass is 10.1. The number of ether oxygens (including phenoxy) is 1. The minimum Gasteiger partial charge on any atom is -0.507 e. The molecule has 7 heteroatoms. The number of esters is 1. The van der Waals surface area contributed by atoms with Gasteiger partial charge in [-0.05, 0) is 47.2 Å². The van der Waals surface area contributed by atoms with E-state index in [0.717, 1.165) is 35.1 Å². The quantitative estimate of drug-likeness (QED) is 0.432. The molecule has 0 saturated heterocycles. The molecule has 1 fully saturated rings. The molecule has 160 valence electrons. The van der Waals surface area contributed by atoms with Crippen LogP contribution in [0, 0.1) is 5.92 Å². The van der Waals surface area contributed by atoms with Crippen molar-refractivity contribution in [3.05, 3.63) is 83.4 Å². The Morgan fingerprint density at radius 1 is 0.844 bits per heavy atom. The standard InChI is InChI=1S/C25H20N2O5/c28-19-10-5-11-20(32-24(30)14-12-13-14)21(19)23(29)27-25(31)26-22-17-8-3-1-6-15(17)16-7-2-4-9-18(16)22/h1-11,14,22,28H,12-13H2,(H2,26,27,29,31). The van der Waals surface area contributed by atoms with Crippen LogP contribution in [0.3, 0.4) is 0 Å². The highest BCUT2D eigenvalue weighted by molar-refractivity contribution is 6.08. The van der Waals surface area contributed by atoms with Gasteiger partial charge >= 0.3 is 12.0 Å². The van der Waals surface area contributed by atoms with E-state index in [0.29, 0.717) is 0 Å². The number of urea groups is 1. The Morgan fingerprint density at radius 2 is 1.47 bits per heavy atom. The number of fused-ring (bicyclic) bond motifs is 3. The predicted octanol–water partition coefficient (Wildman–Crippen LogP) is 3.92. The van der Waals surface area contributed by atoms with Crippen LogP contribution in [0.2, 0.25) is 0 Å². The monoisotopic (exact) mass is 428 g/mol. The summed E-state index contributed by atoms with van der Waals surface area (Å²) in [7, 11) is 0. The van der Waals surface area contributed by atoms with Gasteiger partial charge in [0, 0.05) is 0 Å². The highest BCUT2D eigenvalue weighted by Gasteiger charge is 2.33. The van der Waals surface area contributed by atoms with Crippen LogP contribution in [0.25, 0.3) is 11.1 Å². The van der Waals surface area contributed by atoms with Crippen LogP contribution in [-0.4, -0.2) is 23.0 Å². The summed E-state index contributed by atoms with van der Waals surface area (Å²) in [4.78, 5) is 37.6. The van der Waals surface area contributed by atoms with Crippen molar-refractivity contribution in [1.29, 1.82) is 0 Å². The number of benzene rings is 3. The lowest BCUT2D eigenvalue weighted by molar-refractivity contribution is -0.135. The van der Waals surface area contributed by atoms with Gasteiger partial charge in [0.1, 0.15) is 17.1 Å². The van der Waals surface area contributed by atoms with Crippen LogP contribution in [0.5, 0.6) is 11.5 Å². The normalized spacial score (nSPS) is 14.2. The first-order chi connectivity index (χ1) is 15.5. The van der Waals surface area contributed by atoms with Crippen molar-refractivity contribution in [3.63, 3.8) is 0 Å². The second-order valence-corrected chi connectivity index (χ2v) is 7.88. The third kappa shape index (κ3) is 3.58. The summed E-state index contributed by atoms with van der Waals surface area (Å²) in [6.45, 7) is 0. The number of nitrogens with one attached hydrogen (secondary N) is 2. The molecule has 0 radical (unpaired) electrons. The van der Waals surface area contributed by atoms with Crippen LogP contribution < -0.4 is 15.4 Å². The number of hydrogen-bond acceptors (Lipinski definition) is 5. The van der Waals surface area contributed by atoms with E-state index >= 15 is 0 Å². The van der Waals surface area contributed by atoms with Gasteiger partial charge in [0.15, 0.2) is 0 Å². The Balaban J connectivity index is 1.35. The van der Waals surface area contributed by atoms with Crippen molar-refractivity contribution in [2.45, 2.75) is 18.9 Å². The van der Waals surface area contributed by atoms with Crippen molar-refractivity contribution in [2.75, 3.05) is 0 Å². The second kappa shape index (κ2) is 7.85. The molecule has 0 spiro atoms. The highest BCUT2D eigenvalue weighted by atomic mass is 16.5. The maximum absolute atomic E-state index is 12.8. The van der Waals surface area contributed by atoms with Gasteiger partial charge in [-0.3, -0.25) is 14.9 Å². The van der Waals surface area contributed by atoms with Crippen LogP contribution in [-0.2, 0) is 4.79 Å². The fraction of sp³-hybridized carbons (Fsp3) is 0.160. The van der Waals surface area contributed by atoms with E-state index in [1.165, 1.54) is 18.2 Å². The van der Waals surface area contributed by atoms with Gasteiger partial charge in [0.25, 0.3) is 5.91 Å². The number of rotatable bonds is 4. The molecule has 3 amide bonds. The Hall–Kier alpha value is -4.13. The molecular weight excluding hydrogens is 408 g/mol. The number of amides is 3. The molecule has 2 aliphatic carbocycles. The first-order valence-corrected chi connectivity index (χ1v) is 10.4. The minimum absolute atomic E-state index is 0.0799. The highest BCUT2D eigenvalue weighted by Crippen LogP contribution is 2.43. The largest absolute Gasteiger partial charge is 0.507 e. The molecule has 1 saturated carbocycles. The van der Waals surface area contributed by atoms with Gasteiger partial charge in [-0.1, -0.05) is 54.6 Å². The first kappa shape index (κ1) is 19.8. The third-order valence-corrected chi connectivity index (χ3v) is 5.69. The van der Waals surface area contributed by atoms with E-state index in [1.807, 2.05) is 48.5 Å². The minimum atomic E-state index is -0.862. The Kier molecular flexibility index (Phi) is 4.86. The fourth-order valence-corrected chi connectivity index (χ4v) is 3.99. The van der Waals surface area contributed by atoms with Gasteiger partial charge in [-0.2, -0.15) is 0 Å². The molecule has 0 aliphatic heterocycles. The summed E-state index contributed by atoms with van der Waals surface area (Å²) >= 11 is 0. The van der Waals surface area contributed by atoms with Crippen LogP contribution in [0.1, 0.15) is 40.4 Å². The molecule has 32 heavy (non-hydrogen) atoms. The summed E-state index contributed by atoms with van der Waals surface area (Å²) in [6.07, 6.45) is 1.48. The average Bonchev–Trinajstić information content (AvgIpc) is 3.59. The second-order valence-electron chi connectivity index (χ2n) is 7.88. The van der Waals surface area contributed by atoms with E-state index in [2.05, 4.69) is 10.6 Å². The average molecular weight is 428 g/mol. The van der Waals surface area contributed by atoms with E-state index in [4.69, 9.17) is 4.74 Å². The number of phenols is 1. The van der Waals surface area contributed by atoms with E-state index in [-0.39, 0.29) is 23.0 Å². The zero-order valence-corrected chi connectivity index (χ0v) is 17.0. The van der Waals surface area contributed by atoms with Crippen molar-refractivity contribution in [1.82, 2.24) is 10.6 Å². The zero-order valence-electron chi connectivity index (χ0n) is 17.0. The smallest absolute Gasteiger partial charge is 0.322 e. The number of imide groups is 1. The summed E-state index contributed by atoms with van der Waals surface area (Å²) in [6, 6.07) is 18.5. The molecule has 0 bridgehead atoms. The molecule has 0 heterocycles. The van der Waals surface area contributed by atoms with E-state index in [9.17, 15) is 19.5 Å². The molecule has 3 N–H and O–H groups in total. The number of phenolic OH excluding ortho intramolecular Hbond substituents is 1. The number of carbonyl (C=O) groups is 3. The Bertz CT molecular complexity index is 1200. The molecular formula is C25H20N2O5. The summed E-state index contributed by atoms with van der Waals surface area (Å²) < 4.78 is 5.29. The maximum Gasteiger partial charge on any atom is 0.322 e. The fourth-order valence-electron chi connectivity index (χ4n) is 3.99. The molecule has 0 aromatic heterocycles. The maximum atomic E-state index is 12.8. The SMILES string of the molecule is O=C(NC(=O)c1c(O)cccc1OC(=O)C1CC1)NC1c2ccccc2-c2ccccc21. The van der Waals surface area contributed by atoms with Gasteiger partial charge in [-0.15, -0.1) is 0 Å².